The molecule has 2 fully saturated rings. The van der Waals surface area contributed by atoms with Crippen molar-refractivity contribution in [1.82, 2.24) is 14.7 Å². The van der Waals surface area contributed by atoms with Gasteiger partial charge in [-0.15, -0.1) is 0 Å². The maximum Gasteiger partial charge on any atom is 0.322 e. The third-order valence-electron chi connectivity index (χ3n) is 5.74. The summed E-state index contributed by atoms with van der Waals surface area (Å²) < 4.78 is 5.33. The van der Waals surface area contributed by atoms with E-state index in [-0.39, 0.29) is 11.9 Å². The summed E-state index contributed by atoms with van der Waals surface area (Å²) in [5, 5.41) is 2.95. The Hall–Kier alpha value is -2.28. The van der Waals surface area contributed by atoms with E-state index in [1.165, 1.54) is 6.42 Å². The number of hydrogen-bond acceptors (Lipinski definition) is 4. The molecule has 154 valence electrons. The van der Waals surface area contributed by atoms with Crippen LogP contribution in [0, 0.1) is 6.92 Å². The summed E-state index contributed by atoms with van der Waals surface area (Å²) in [5.41, 5.74) is 1.75. The number of rotatable bonds is 4. The Morgan fingerprint density at radius 2 is 1.89 bits per heavy atom. The van der Waals surface area contributed by atoms with E-state index in [4.69, 9.17) is 4.74 Å². The van der Waals surface area contributed by atoms with Gasteiger partial charge in [0.05, 0.1) is 19.3 Å². The molecule has 28 heavy (non-hydrogen) atoms. The van der Waals surface area contributed by atoms with Crippen molar-refractivity contribution in [2.24, 2.45) is 0 Å². The Kier molecular flexibility index (Phi) is 6.78. The van der Waals surface area contributed by atoms with Gasteiger partial charge < -0.3 is 19.9 Å². The van der Waals surface area contributed by atoms with Gasteiger partial charge in [0.1, 0.15) is 5.75 Å². The number of benzene rings is 1. The second-order valence-corrected chi connectivity index (χ2v) is 7.83. The molecule has 3 amide bonds. The lowest BCUT2D eigenvalue weighted by molar-refractivity contribution is -0.136. The first-order valence-corrected chi connectivity index (χ1v) is 10.2. The Bertz CT molecular complexity index is 701. The van der Waals surface area contributed by atoms with Crippen molar-refractivity contribution in [2.75, 3.05) is 51.7 Å². The molecule has 0 aromatic heterocycles. The smallest absolute Gasteiger partial charge is 0.322 e. The van der Waals surface area contributed by atoms with Crippen LogP contribution >= 0.6 is 0 Å². The molecule has 7 heteroatoms. The quantitative estimate of drug-likeness (QED) is 0.861. The average Bonchev–Trinajstić information content (AvgIpc) is 2.69. The average molecular weight is 389 g/mol. The predicted molar refractivity (Wildman–Crippen MR) is 110 cm³/mol. The van der Waals surface area contributed by atoms with Crippen LogP contribution < -0.4 is 10.1 Å². The molecule has 1 N–H and O–H groups in total. The van der Waals surface area contributed by atoms with Crippen molar-refractivity contribution >= 4 is 17.6 Å². The molecule has 2 aliphatic rings. The van der Waals surface area contributed by atoms with Gasteiger partial charge in [-0.25, -0.2) is 4.79 Å². The van der Waals surface area contributed by atoms with Gasteiger partial charge in [-0.05, 0) is 50.8 Å². The van der Waals surface area contributed by atoms with E-state index in [9.17, 15) is 9.59 Å². The second kappa shape index (κ2) is 9.28. The van der Waals surface area contributed by atoms with E-state index in [1.807, 2.05) is 30.0 Å². The number of aryl methyl sites for hydroxylation is 1. The van der Waals surface area contributed by atoms with E-state index in [0.29, 0.717) is 50.2 Å². The van der Waals surface area contributed by atoms with Crippen LogP contribution in [0.1, 0.15) is 31.7 Å². The second-order valence-electron chi connectivity index (χ2n) is 7.83. The number of piperazine rings is 1. The van der Waals surface area contributed by atoms with Gasteiger partial charge >= 0.3 is 6.03 Å². The van der Waals surface area contributed by atoms with Gasteiger partial charge in [-0.2, -0.15) is 0 Å². The minimum Gasteiger partial charge on any atom is -0.495 e. The number of nitrogens with zero attached hydrogens (tertiary/aromatic N) is 3. The molecular weight excluding hydrogens is 356 g/mol. The van der Waals surface area contributed by atoms with Crippen molar-refractivity contribution in [2.45, 2.75) is 39.2 Å². The highest BCUT2D eigenvalue weighted by atomic mass is 16.5. The summed E-state index contributed by atoms with van der Waals surface area (Å²) >= 11 is 0. The van der Waals surface area contributed by atoms with Crippen LogP contribution in [-0.2, 0) is 4.79 Å². The van der Waals surface area contributed by atoms with Crippen LogP contribution in [0.4, 0.5) is 10.5 Å². The van der Waals surface area contributed by atoms with Crippen LogP contribution in [0.5, 0.6) is 5.75 Å². The Morgan fingerprint density at radius 3 is 2.57 bits per heavy atom. The van der Waals surface area contributed by atoms with Gasteiger partial charge in [0, 0.05) is 38.8 Å². The third-order valence-corrected chi connectivity index (χ3v) is 5.74. The number of nitrogens with one attached hydrogen (secondary N) is 1. The number of methoxy groups -OCH3 is 1. The number of anilines is 1. The molecule has 0 spiro atoms. The maximum atomic E-state index is 12.6. The molecule has 1 aromatic carbocycles. The molecular formula is C21H32N4O3. The molecule has 0 bridgehead atoms. The number of piperidine rings is 1. The summed E-state index contributed by atoms with van der Waals surface area (Å²) in [5.74, 6) is 0.869. The third kappa shape index (κ3) is 4.95. The predicted octanol–water partition coefficient (Wildman–Crippen LogP) is 2.55. The Morgan fingerprint density at radius 1 is 1.14 bits per heavy atom. The van der Waals surface area contributed by atoms with Crippen molar-refractivity contribution in [3.05, 3.63) is 23.8 Å². The molecule has 0 saturated carbocycles. The highest BCUT2D eigenvalue weighted by molar-refractivity contribution is 5.91. The van der Waals surface area contributed by atoms with Gasteiger partial charge in [0.15, 0.2) is 0 Å². The molecule has 2 saturated heterocycles. The van der Waals surface area contributed by atoms with Crippen LogP contribution in [0.3, 0.4) is 0 Å². The molecule has 1 unspecified atom stereocenters. The molecule has 0 radical (unpaired) electrons. The van der Waals surface area contributed by atoms with Gasteiger partial charge in [0.25, 0.3) is 0 Å². The number of carbonyl (C=O) groups is 2. The first-order valence-electron chi connectivity index (χ1n) is 10.2. The Balaban J connectivity index is 1.49. The zero-order valence-electron chi connectivity index (χ0n) is 17.2. The number of likely N-dealkylation sites (tertiary alicyclic amines) is 1. The standard InChI is InChI=1S/C21H32N4O3/c1-16-7-8-19(28-3)18(14-16)22-21(27)24-12-10-23(11-13-24)15-20(26)25-9-5-4-6-17(25)2/h7-8,14,17H,4-6,9-13,15H2,1-3H3,(H,22,27). The van der Waals surface area contributed by atoms with Crippen molar-refractivity contribution in [3.63, 3.8) is 0 Å². The summed E-state index contributed by atoms with van der Waals surface area (Å²) in [6.45, 7) is 8.10. The fraction of sp³-hybridized carbons (Fsp3) is 0.619. The molecule has 2 heterocycles. The highest BCUT2D eigenvalue weighted by Gasteiger charge is 2.27. The Labute approximate surface area is 167 Å². The summed E-state index contributed by atoms with van der Waals surface area (Å²) in [7, 11) is 1.60. The molecule has 7 nitrogen and oxygen atoms in total. The van der Waals surface area contributed by atoms with E-state index >= 15 is 0 Å². The molecule has 3 rings (SSSR count). The number of carbonyl (C=O) groups excluding carboxylic acids is 2. The van der Waals surface area contributed by atoms with Crippen LogP contribution in [0.15, 0.2) is 18.2 Å². The number of hydrogen-bond donors (Lipinski definition) is 1. The molecule has 0 aliphatic carbocycles. The van der Waals surface area contributed by atoms with E-state index in [1.54, 1.807) is 12.0 Å². The molecule has 1 atom stereocenters. The number of ether oxygens (including phenoxy) is 1. The number of urea groups is 1. The van der Waals surface area contributed by atoms with Gasteiger partial charge in [-0.1, -0.05) is 6.07 Å². The topological polar surface area (TPSA) is 65.1 Å². The van der Waals surface area contributed by atoms with Gasteiger partial charge in [-0.3, -0.25) is 9.69 Å². The molecule has 1 aromatic rings. The summed E-state index contributed by atoms with van der Waals surface area (Å²) in [6, 6.07) is 5.94. The van der Waals surface area contributed by atoms with Crippen molar-refractivity contribution in [3.8, 4) is 5.75 Å². The van der Waals surface area contributed by atoms with Crippen LogP contribution in [-0.4, -0.2) is 79.1 Å². The van der Waals surface area contributed by atoms with E-state index in [2.05, 4.69) is 17.1 Å². The van der Waals surface area contributed by atoms with E-state index in [0.717, 1.165) is 24.9 Å². The maximum absolute atomic E-state index is 12.6. The van der Waals surface area contributed by atoms with Gasteiger partial charge in [0.2, 0.25) is 5.91 Å². The summed E-state index contributed by atoms with van der Waals surface area (Å²) in [4.78, 5) is 31.2. The fourth-order valence-electron chi connectivity index (χ4n) is 3.97. The van der Waals surface area contributed by atoms with Crippen molar-refractivity contribution < 1.29 is 14.3 Å². The number of amides is 3. The summed E-state index contributed by atoms with van der Waals surface area (Å²) in [6.07, 6.45) is 3.42. The lowest BCUT2D eigenvalue weighted by Crippen LogP contribution is -2.53. The zero-order valence-corrected chi connectivity index (χ0v) is 17.2. The normalized spacial score (nSPS) is 20.8. The fourth-order valence-corrected chi connectivity index (χ4v) is 3.97. The largest absolute Gasteiger partial charge is 0.495 e. The minimum absolute atomic E-state index is 0.125. The molecule has 2 aliphatic heterocycles. The minimum atomic E-state index is -0.125. The lowest BCUT2D eigenvalue weighted by Gasteiger charge is -2.38. The zero-order chi connectivity index (χ0) is 20.1. The first-order chi connectivity index (χ1) is 13.5. The monoisotopic (exact) mass is 388 g/mol. The van der Waals surface area contributed by atoms with Crippen molar-refractivity contribution in [1.29, 1.82) is 0 Å². The highest BCUT2D eigenvalue weighted by Crippen LogP contribution is 2.25. The first kappa shape index (κ1) is 20.5. The van der Waals surface area contributed by atoms with Crippen LogP contribution in [0.25, 0.3) is 0 Å². The van der Waals surface area contributed by atoms with Crippen LogP contribution in [0.2, 0.25) is 0 Å². The SMILES string of the molecule is COc1ccc(C)cc1NC(=O)N1CCN(CC(=O)N2CCCCC2C)CC1. The lowest BCUT2D eigenvalue weighted by atomic mass is 10.0. The van der Waals surface area contributed by atoms with E-state index < -0.39 is 0 Å².